The van der Waals surface area contributed by atoms with Crippen molar-refractivity contribution in [3.63, 3.8) is 0 Å². The van der Waals surface area contributed by atoms with Gasteiger partial charge in [0.15, 0.2) is 0 Å². The van der Waals surface area contributed by atoms with E-state index in [1.165, 1.54) is 14.7 Å². The Morgan fingerprint density at radius 3 is 1.29 bits per heavy atom. The first-order chi connectivity index (χ1) is 21.4. The molecule has 0 aromatic carbocycles. The lowest BCUT2D eigenvalue weighted by Crippen LogP contribution is -2.55. The van der Waals surface area contributed by atoms with Crippen molar-refractivity contribution in [1.29, 1.82) is 0 Å². The quantitative estimate of drug-likeness (QED) is 0.0792. The summed E-state index contributed by atoms with van der Waals surface area (Å²) >= 11 is 0. The van der Waals surface area contributed by atoms with Gasteiger partial charge in [-0.25, -0.2) is 0 Å². The van der Waals surface area contributed by atoms with Crippen LogP contribution in [0, 0.1) is 0 Å². The van der Waals surface area contributed by atoms with Gasteiger partial charge < -0.3 is 49.8 Å². The first-order valence-corrected chi connectivity index (χ1v) is 15.4. The summed E-state index contributed by atoms with van der Waals surface area (Å²) in [7, 11) is 0. The molecular weight excluding hydrogens is 592 g/mol. The Hall–Kier alpha value is -3.34. The molecule has 16 heteroatoms. The van der Waals surface area contributed by atoms with Gasteiger partial charge in [0.2, 0.25) is 35.9 Å². The van der Waals surface area contributed by atoms with E-state index in [0.29, 0.717) is 25.8 Å². The summed E-state index contributed by atoms with van der Waals surface area (Å²) < 4.78 is 0. The van der Waals surface area contributed by atoms with Crippen LogP contribution in [0.1, 0.15) is 47.5 Å². The lowest BCUT2D eigenvalue weighted by Gasteiger charge is -2.35. The Kier molecular flexibility index (Phi) is 21.4. The largest absolute Gasteiger partial charge is 0.395 e. The molecule has 4 N–H and O–H groups in total. The smallest absolute Gasteiger partial charge is 0.242 e. The van der Waals surface area contributed by atoms with Crippen LogP contribution in [0.5, 0.6) is 0 Å². The number of carbonyl (C=O) groups excluding carboxylic acids is 6. The van der Waals surface area contributed by atoms with Crippen molar-refractivity contribution < 1.29 is 49.2 Å². The minimum absolute atomic E-state index is 0.0861. The van der Waals surface area contributed by atoms with Gasteiger partial charge in [0.1, 0.15) is 13.1 Å². The van der Waals surface area contributed by atoms with Crippen LogP contribution in [0.4, 0.5) is 0 Å². The molecule has 260 valence electrons. The average Bonchev–Trinajstić information content (AvgIpc) is 3.02. The molecule has 0 fully saturated rings. The van der Waals surface area contributed by atoms with Gasteiger partial charge in [0.25, 0.3) is 0 Å². The zero-order valence-corrected chi connectivity index (χ0v) is 27.5. The number of hydrogen-bond donors (Lipinski definition) is 4. The maximum Gasteiger partial charge on any atom is 0.242 e. The number of aliphatic hydroxyl groups excluding tert-OH is 4. The van der Waals surface area contributed by atoms with Crippen LogP contribution in [0.3, 0.4) is 0 Å². The molecule has 0 aromatic heterocycles. The monoisotopic (exact) mass is 646 g/mol. The van der Waals surface area contributed by atoms with Crippen molar-refractivity contribution in [2.24, 2.45) is 0 Å². The predicted molar refractivity (Wildman–Crippen MR) is 164 cm³/mol. The van der Waals surface area contributed by atoms with E-state index in [4.69, 9.17) is 5.11 Å². The first kappa shape index (κ1) is 41.7. The van der Waals surface area contributed by atoms with Crippen molar-refractivity contribution in [3.05, 3.63) is 0 Å². The van der Waals surface area contributed by atoms with E-state index in [-0.39, 0.29) is 45.9 Å². The van der Waals surface area contributed by atoms with E-state index in [1.54, 1.807) is 20.8 Å². The van der Waals surface area contributed by atoms with E-state index < -0.39 is 81.0 Å². The number of hydrogen-bond acceptors (Lipinski definition) is 10. The fourth-order valence-electron chi connectivity index (χ4n) is 4.40. The van der Waals surface area contributed by atoms with Crippen LogP contribution < -0.4 is 0 Å². The van der Waals surface area contributed by atoms with Gasteiger partial charge in [-0.05, 0) is 33.6 Å². The SMILES string of the molecule is CCC(C)N(CC(=O)N(CCO)CC(=O)N(CC)CCO)C(=O)CN(C(=O)CN(CCO)C(=O)CN(C=O)CCO)C(C)CC. The number of nitrogens with zero attached hydrogens (tertiary/aromatic N) is 6. The molecule has 2 atom stereocenters. The van der Waals surface area contributed by atoms with Gasteiger partial charge >= 0.3 is 0 Å². The maximum atomic E-state index is 13.7. The lowest BCUT2D eigenvalue weighted by molar-refractivity contribution is -0.150. The van der Waals surface area contributed by atoms with Gasteiger partial charge in [-0.1, -0.05) is 13.8 Å². The molecule has 0 aliphatic carbocycles. The predicted octanol–water partition coefficient (Wildman–Crippen LogP) is -2.83. The number of amides is 6. The second-order valence-corrected chi connectivity index (χ2v) is 10.6. The third-order valence-corrected chi connectivity index (χ3v) is 7.57. The van der Waals surface area contributed by atoms with E-state index in [2.05, 4.69) is 0 Å². The zero-order valence-electron chi connectivity index (χ0n) is 27.5. The summed E-state index contributed by atoms with van der Waals surface area (Å²) in [5, 5.41) is 37.4. The number of rotatable bonds is 24. The standard InChI is InChI=1S/C29H54N6O10/c1-6-23(4)34(20-27(43)32(11-15-38)18-26(42)31(8-3)10-14-37)29(45)21-35(24(5)7-2)28(44)19-33(12-16-39)25(41)17-30(22-40)9-13-36/h22-24,36-39H,6-21H2,1-5H3. The highest BCUT2D eigenvalue weighted by Gasteiger charge is 2.31. The molecule has 2 unspecified atom stereocenters. The molecule has 0 rings (SSSR count). The Morgan fingerprint density at radius 1 is 0.533 bits per heavy atom. The summed E-state index contributed by atoms with van der Waals surface area (Å²) in [6, 6.07) is -0.852. The fraction of sp³-hybridized carbons (Fsp3) is 0.793. The van der Waals surface area contributed by atoms with Crippen LogP contribution in [0.15, 0.2) is 0 Å². The maximum absolute atomic E-state index is 13.7. The third kappa shape index (κ3) is 14.5. The molecule has 6 amide bonds. The second-order valence-electron chi connectivity index (χ2n) is 10.6. The molecule has 45 heavy (non-hydrogen) atoms. The van der Waals surface area contributed by atoms with E-state index in [1.807, 2.05) is 13.8 Å². The summed E-state index contributed by atoms with van der Waals surface area (Å²) in [5.74, 6) is -2.73. The summed E-state index contributed by atoms with van der Waals surface area (Å²) in [4.78, 5) is 84.5. The molecule has 0 aromatic rings. The fourth-order valence-corrected chi connectivity index (χ4v) is 4.40. The molecule has 16 nitrogen and oxygen atoms in total. The van der Waals surface area contributed by atoms with Crippen LogP contribution >= 0.6 is 0 Å². The Labute approximate surface area is 266 Å². The molecule has 0 saturated carbocycles. The number of aliphatic hydroxyl groups is 4. The lowest BCUT2D eigenvalue weighted by atomic mass is 10.1. The van der Waals surface area contributed by atoms with Crippen LogP contribution in [0.25, 0.3) is 0 Å². The van der Waals surface area contributed by atoms with Crippen LogP contribution in [-0.2, 0) is 28.8 Å². The minimum atomic E-state index is -0.626. The molecule has 0 bridgehead atoms. The number of carbonyl (C=O) groups is 6. The minimum Gasteiger partial charge on any atom is -0.395 e. The molecule has 0 radical (unpaired) electrons. The highest BCUT2D eigenvalue weighted by atomic mass is 16.3. The van der Waals surface area contributed by atoms with Crippen molar-refractivity contribution in [1.82, 2.24) is 29.4 Å². The Balaban J connectivity index is 5.97. The third-order valence-electron chi connectivity index (χ3n) is 7.57. The van der Waals surface area contributed by atoms with E-state index in [9.17, 15) is 44.1 Å². The van der Waals surface area contributed by atoms with E-state index in [0.717, 1.165) is 14.7 Å². The highest BCUT2D eigenvalue weighted by Crippen LogP contribution is 2.11. The first-order valence-electron chi connectivity index (χ1n) is 15.4. The Morgan fingerprint density at radius 2 is 0.889 bits per heavy atom. The Bertz CT molecular complexity index is 939. The van der Waals surface area contributed by atoms with E-state index >= 15 is 0 Å². The molecule has 0 saturated heterocycles. The molecule has 0 aliphatic heterocycles. The topological polar surface area (TPSA) is 203 Å². The summed E-state index contributed by atoms with van der Waals surface area (Å²) in [6.07, 6.45) is 1.35. The normalized spacial score (nSPS) is 12.1. The van der Waals surface area contributed by atoms with Crippen molar-refractivity contribution in [2.45, 2.75) is 59.5 Å². The van der Waals surface area contributed by atoms with Crippen molar-refractivity contribution >= 4 is 35.9 Å². The van der Waals surface area contributed by atoms with Gasteiger partial charge in [-0.15, -0.1) is 0 Å². The van der Waals surface area contributed by atoms with Crippen LogP contribution in [-0.4, -0.2) is 190 Å². The number of likely N-dealkylation sites (N-methyl/N-ethyl adjacent to an activating group) is 1. The zero-order chi connectivity index (χ0) is 34.5. The van der Waals surface area contributed by atoms with Crippen LogP contribution in [0.2, 0.25) is 0 Å². The average molecular weight is 647 g/mol. The molecule has 0 aliphatic rings. The van der Waals surface area contributed by atoms with Gasteiger partial charge in [0, 0.05) is 44.8 Å². The van der Waals surface area contributed by atoms with Crippen molar-refractivity contribution in [2.75, 3.05) is 91.9 Å². The van der Waals surface area contributed by atoms with Crippen molar-refractivity contribution in [3.8, 4) is 0 Å². The van der Waals surface area contributed by atoms with Gasteiger partial charge in [-0.2, -0.15) is 0 Å². The van der Waals surface area contributed by atoms with Gasteiger partial charge in [-0.3, -0.25) is 28.8 Å². The molecular formula is C29H54N6O10. The summed E-state index contributed by atoms with van der Waals surface area (Å²) in [5.41, 5.74) is 0. The second kappa shape index (κ2) is 23.1. The highest BCUT2D eigenvalue weighted by molar-refractivity contribution is 5.92. The molecule has 0 spiro atoms. The summed E-state index contributed by atoms with van der Waals surface area (Å²) in [6.45, 7) is 5.33. The molecule has 0 heterocycles. The van der Waals surface area contributed by atoms with Gasteiger partial charge in [0.05, 0.1) is 46.1 Å².